The van der Waals surface area contributed by atoms with Gasteiger partial charge in [-0.2, -0.15) is 0 Å². The average molecular weight is 810 g/mol. The van der Waals surface area contributed by atoms with Gasteiger partial charge >= 0.3 is 312 Å². The van der Waals surface area contributed by atoms with Crippen LogP contribution in [0.1, 0.15) is 104 Å². The van der Waals surface area contributed by atoms with Crippen molar-refractivity contribution in [1.29, 1.82) is 0 Å². The molecule has 0 fully saturated rings. The standard InChI is InChI=1S/C33H35O2Si2.3C4H9.Sn/c1-36(2,21-23-12-7-5-8-13-23)28-17-11-16-26-30(28)33-31-27(32(26)35-33)18-25(20-34)19-29(31)37(3,4)22-24-14-9-6-10-15-24;3*1-3-4-2;/h5-19,33-34H,20-22H2,1-4H3;3*1,3-4H2,2H3;. The summed E-state index contributed by atoms with van der Waals surface area (Å²) in [5.74, 6) is 0. The van der Waals surface area contributed by atoms with E-state index in [1.54, 1.807) is 16.3 Å². The van der Waals surface area contributed by atoms with Gasteiger partial charge in [0.2, 0.25) is 0 Å². The third-order valence-electron chi connectivity index (χ3n) is 12.3. The van der Waals surface area contributed by atoms with E-state index in [1.165, 1.54) is 79.3 Å². The monoisotopic (exact) mass is 810 g/mol. The normalized spacial score (nSPS) is 18.4. The van der Waals surface area contributed by atoms with Gasteiger partial charge in [-0.25, -0.2) is 0 Å². The summed E-state index contributed by atoms with van der Waals surface area (Å²) >= 11 is -3.26. The van der Waals surface area contributed by atoms with Gasteiger partial charge in [0, 0.05) is 0 Å². The van der Waals surface area contributed by atoms with Crippen LogP contribution in [0.5, 0.6) is 0 Å². The molecule has 0 aliphatic carbocycles. The van der Waals surface area contributed by atoms with E-state index in [4.69, 9.17) is 4.74 Å². The van der Waals surface area contributed by atoms with Crippen molar-refractivity contribution in [2.24, 2.45) is 0 Å². The molecule has 6 rings (SSSR count). The summed E-state index contributed by atoms with van der Waals surface area (Å²) in [6.07, 6.45) is 7.63. The van der Waals surface area contributed by atoms with E-state index in [2.05, 4.69) is 138 Å². The van der Waals surface area contributed by atoms with Crippen LogP contribution >= 0.6 is 0 Å². The van der Waals surface area contributed by atoms with Gasteiger partial charge < -0.3 is 0 Å². The Kier molecular flexibility index (Phi) is 11.8. The van der Waals surface area contributed by atoms with Crippen molar-refractivity contribution in [3.63, 3.8) is 0 Å². The van der Waals surface area contributed by atoms with Gasteiger partial charge in [-0.1, -0.05) is 0 Å². The summed E-state index contributed by atoms with van der Waals surface area (Å²) in [5.41, 5.74) is 10.1. The summed E-state index contributed by atoms with van der Waals surface area (Å²) in [6.45, 7) is 17.6. The van der Waals surface area contributed by atoms with E-state index in [-0.39, 0.29) is 16.3 Å². The first kappa shape index (κ1) is 37.8. The quantitative estimate of drug-likeness (QED) is 0.108. The van der Waals surface area contributed by atoms with Gasteiger partial charge in [-0.05, 0) is 0 Å². The zero-order chi connectivity index (χ0) is 35.6. The number of ether oxygens (including phenoxy) is 1. The number of benzene rings is 4. The average Bonchev–Trinajstić information content (AvgIpc) is 3.65. The van der Waals surface area contributed by atoms with E-state index in [0.29, 0.717) is 0 Å². The maximum absolute atomic E-state index is 10.9. The molecule has 0 saturated carbocycles. The second kappa shape index (κ2) is 15.6. The third kappa shape index (κ3) is 6.82. The molecule has 50 heavy (non-hydrogen) atoms. The molecule has 4 aromatic carbocycles. The van der Waals surface area contributed by atoms with Crippen LogP contribution in [0.4, 0.5) is 0 Å². The third-order valence-corrected chi connectivity index (χ3v) is 36.0. The molecule has 0 amide bonds. The molecular formula is C45H62O2Si2Sn. The zero-order valence-corrected chi connectivity index (χ0v) is 36.9. The summed E-state index contributed by atoms with van der Waals surface area (Å²) < 4.78 is 11.9. The molecule has 2 heterocycles. The van der Waals surface area contributed by atoms with E-state index in [0.717, 1.165) is 17.7 Å². The number of fused-ring (bicyclic) bond motifs is 8. The van der Waals surface area contributed by atoms with Gasteiger partial charge in [0.15, 0.2) is 0 Å². The van der Waals surface area contributed by atoms with Crippen molar-refractivity contribution >= 4 is 44.9 Å². The van der Waals surface area contributed by atoms with Gasteiger partial charge in [0.1, 0.15) is 0 Å². The van der Waals surface area contributed by atoms with Crippen LogP contribution in [-0.2, 0) is 27.0 Å². The fourth-order valence-electron chi connectivity index (χ4n) is 9.94. The number of hydrogen-bond donors (Lipinski definition) is 1. The molecule has 4 aromatic rings. The van der Waals surface area contributed by atoms with Crippen molar-refractivity contribution in [3.8, 4) is 0 Å². The Morgan fingerprint density at radius 1 is 0.600 bits per heavy atom. The topological polar surface area (TPSA) is 29.5 Å². The Bertz CT molecular complexity index is 1730. The first-order valence-corrected chi connectivity index (χ1v) is 33.6. The maximum atomic E-state index is 10.9. The number of rotatable bonds is 17. The van der Waals surface area contributed by atoms with Crippen LogP contribution in [0.3, 0.4) is 0 Å². The molecule has 0 spiro atoms. The number of aliphatic hydroxyl groups excluding tert-OH is 1. The van der Waals surface area contributed by atoms with Gasteiger partial charge in [-0.15, -0.1) is 0 Å². The second-order valence-corrected chi connectivity index (χ2v) is 39.8. The molecule has 2 unspecified atom stereocenters. The Hall–Kier alpha value is -1.97. The van der Waals surface area contributed by atoms with Crippen LogP contribution < -0.4 is 10.4 Å². The molecule has 0 radical (unpaired) electrons. The molecule has 0 saturated heterocycles. The van der Waals surface area contributed by atoms with Crippen LogP contribution in [0.2, 0.25) is 39.5 Å². The molecule has 5 heteroatoms. The van der Waals surface area contributed by atoms with Crippen molar-refractivity contribution in [2.45, 2.75) is 127 Å². The van der Waals surface area contributed by atoms with E-state index in [9.17, 15) is 5.11 Å². The summed E-state index contributed by atoms with van der Waals surface area (Å²) in [6, 6.07) is 36.8. The van der Waals surface area contributed by atoms with Crippen molar-refractivity contribution in [1.82, 2.24) is 0 Å². The molecule has 2 bridgehead atoms. The van der Waals surface area contributed by atoms with Gasteiger partial charge in [-0.3, -0.25) is 0 Å². The number of hydrogen-bond acceptors (Lipinski definition) is 2. The van der Waals surface area contributed by atoms with Crippen LogP contribution in [0, 0.1) is 0 Å². The summed E-state index contributed by atoms with van der Waals surface area (Å²) in [5, 5.41) is 14.0. The fraction of sp³-hybridized carbons (Fsp3) is 0.467. The van der Waals surface area contributed by atoms with Crippen LogP contribution in [0.15, 0.2) is 91.0 Å². The van der Waals surface area contributed by atoms with E-state index >= 15 is 0 Å². The minimum absolute atomic E-state index is 0.00926. The Labute approximate surface area is 310 Å². The zero-order valence-electron chi connectivity index (χ0n) is 32.1. The molecule has 266 valence electrons. The molecule has 2 aliphatic heterocycles. The SMILES string of the molecule is CCC[CH2][Sn]([CH2]CCC)([CH2]CCC)[C]12OC(c3c1cccc3[Si](C)(C)Cc1ccccc1)c1c2cc(CO)cc1[Si](C)(C)Cc1ccccc1. The molecule has 2 atom stereocenters. The Morgan fingerprint density at radius 3 is 1.60 bits per heavy atom. The van der Waals surface area contributed by atoms with E-state index < -0.39 is 34.5 Å². The Balaban J connectivity index is 1.65. The fourth-order valence-corrected chi connectivity index (χ4v) is 35.4. The van der Waals surface area contributed by atoms with Crippen molar-refractivity contribution in [2.75, 3.05) is 0 Å². The predicted octanol–water partition coefficient (Wildman–Crippen LogP) is 10.6. The number of aliphatic hydroxyl groups is 1. The van der Waals surface area contributed by atoms with Crippen molar-refractivity contribution < 1.29 is 9.84 Å². The van der Waals surface area contributed by atoms with Crippen molar-refractivity contribution in [3.05, 3.63) is 130 Å². The molecule has 2 aliphatic rings. The Morgan fingerprint density at radius 2 is 1.10 bits per heavy atom. The summed E-state index contributed by atoms with van der Waals surface area (Å²) in [4.78, 5) is 0. The first-order valence-electron chi connectivity index (χ1n) is 19.8. The van der Waals surface area contributed by atoms with Crippen LogP contribution in [0.25, 0.3) is 0 Å². The molecular weight excluding hydrogens is 747 g/mol. The second-order valence-electron chi connectivity index (χ2n) is 16.9. The molecule has 0 aromatic heterocycles. The molecule has 1 N–H and O–H groups in total. The minimum atomic E-state index is -3.26. The van der Waals surface area contributed by atoms with Crippen LogP contribution in [-0.4, -0.2) is 39.6 Å². The van der Waals surface area contributed by atoms with Gasteiger partial charge in [0.25, 0.3) is 0 Å². The first-order chi connectivity index (χ1) is 24.1. The number of unbranched alkanes of at least 4 members (excludes halogenated alkanes) is 3. The van der Waals surface area contributed by atoms with Gasteiger partial charge in [0.05, 0.1) is 0 Å². The summed E-state index contributed by atoms with van der Waals surface area (Å²) in [7, 11) is -3.96. The molecule has 2 nitrogen and oxygen atoms in total. The predicted molar refractivity (Wildman–Crippen MR) is 222 cm³/mol. The van der Waals surface area contributed by atoms with E-state index in [1.807, 2.05) is 0 Å².